The predicted molar refractivity (Wildman–Crippen MR) is 48.7 cm³/mol. The van der Waals surface area contributed by atoms with E-state index in [2.05, 4.69) is 4.52 Å². The highest BCUT2D eigenvalue weighted by Crippen LogP contribution is 2.71. The summed E-state index contributed by atoms with van der Waals surface area (Å²) in [4.78, 5) is 26.7. The number of hydrogen-bond donors (Lipinski definition) is 4. The first-order valence-electron chi connectivity index (χ1n) is 3.79. The lowest BCUT2D eigenvalue weighted by Crippen LogP contribution is -2.29. The van der Waals surface area contributed by atoms with Gasteiger partial charge in [0.15, 0.2) is 0 Å². The number of hydrogen-bond acceptors (Lipinski definition) is 4. The molecule has 0 saturated carbocycles. The fourth-order valence-electron chi connectivity index (χ4n) is 0.933. The molecule has 2 atom stereocenters. The molecule has 0 spiro atoms. The molecular weight excluding hydrogens is 234 g/mol. The van der Waals surface area contributed by atoms with Gasteiger partial charge in [0.05, 0.1) is 0 Å². The van der Waals surface area contributed by atoms with Crippen LogP contribution in [-0.2, 0) is 13.7 Å². The molecule has 2 unspecified atom stereocenters. The van der Waals surface area contributed by atoms with E-state index in [1.807, 2.05) is 0 Å². The summed E-state index contributed by atoms with van der Waals surface area (Å²) < 4.78 is 26.2. The Morgan fingerprint density at radius 1 is 1.29 bits per heavy atom. The third-order valence-corrected chi connectivity index (χ3v) is 6.07. The van der Waals surface area contributed by atoms with Gasteiger partial charge in [0.2, 0.25) is 0 Å². The van der Waals surface area contributed by atoms with E-state index in [4.69, 9.17) is 14.7 Å². The summed E-state index contributed by atoms with van der Waals surface area (Å²) in [5.74, 6) is 0. The van der Waals surface area contributed by atoms with Gasteiger partial charge in [0.25, 0.3) is 5.08 Å². The Morgan fingerprint density at radius 2 is 1.71 bits per heavy atom. The lowest BCUT2D eigenvalue weighted by Gasteiger charge is -2.30. The lowest BCUT2D eigenvalue weighted by atomic mass is 10.3. The molecule has 86 valence electrons. The zero-order valence-electron chi connectivity index (χ0n) is 7.82. The summed E-state index contributed by atoms with van der Waals surface area (Å²) in [6, 6.07) is 0. The van der Waals surface area contributed by atoms with Gasteiger partial charge >= 0.3 is 15.2 Å². The zero-order valence-corrected chi connectivity index (χ0v) is 9.61. The molecule has 0 fully saturated rings. The van der Waals surface area contributed by atoms with E-state index in [1.54, 1.807) is 0 Å². The van der Waals surface area contributed by atoms with Crippen molar-refractivity contribution in [1.29, 1.82) is 0 Å². The highest BCUT2D eigenvalue weighted by atomic mass is 31.2. The Balaban J connectivity index is 5.33. The van der Waals surface area contributed by atoms with Crippen molar-refractivity contribution in [3.63, 3.8) is 0 Å². The molecule has 0 rings (SSSR count). The van der Waals surface area contributed by atoms with Crippen molar-refractivity contribution in [3.05, 3.63) is 0 Å². The molecule has 0 radical (unpaired) electrons. The minimum Gasteiger partial charge on any atom is -0.368 e. The standard InChI is InChI=1S/C5H14O7P2/c1-3-4-5(6,13(7,8)9)14(10,11)12-2/h6H,3-4H2,1-2H3,(H,10,11)(H2,7,8,9). The van der Waals surface area contributed by atoms with E-state index >= 15 is 0 Å². The van der Waals surface area contributed by atoms with E-state index in [0.29, 0.717) is 0 Å². The van der Waals surface area contributed by atoms with Crippen LogP contribution in [0.3, 0.4) is 0 Å². The minimum atomic E-state index is -5.12. The van der Waals surface area contributed by atoms with Crippen LogP contribution in [0.4, 0.5) is 0 Å². The Hall–Kier alpha value is 0.260. The Kier molecular flexibility index (Phi) is 4.49. The van der Waals surface area contributed by atoms with Crippen LogP contribution in [0.15, 0.2) is 0 Å². The van der Waals surface area contributed by atoms with Gasteiger partial charge in [-0.1, -0.05) is 13.3 Å². The van der Waals surface area contributed by atoms with Crippen LogP contribution in [0, 0.1) is 0 Å². The second-order valence-electron chi connectivity index (χ2n) is 2.77. The molecule has 14 heavy (non-hydrogen) atoms. The van der Waals surface area contributed by atoms with Gasteiger partial charge in [0.1, 0.15) is 0 Å². The highest BCUT2D eigenvalue weighted by molar-refractivity contribution is 7.72. The summed E-state index contributed by atoms with van der Waals surface area (Å²) >= 11 is 0. The Bertz CT molecular complexity index is 284. The molecule has 7 nitrogen and oxygen atoms in total. The van der Waals surface area contributed by atoms with Crippen molar-refractivity contribution < 1.29 is 33.4 Å². The van der Waals surface area contributed by atoms with Crippen LogP contribution >= 0.6 is 15.2 Å². The summed E-state index contributed by atoms with van der Waals surface area (Å²) in [6.07, 6.45) is -0.381. The average Bonchev–Trinajstić information content (AvgIpc) is 2.02. The SMILES string of the molecule is CCCC(O)(P(=O)(O)O)P(=O)(O)OC. The van der Waals surface area contributed by atoms with Gasteiger partial charge in [-0.3, -0.25) is 9.13 Å². The molecule has 4 N–H and O–H groups in total. The number of rotatable bonds is 5. The van der Waals surface area contributed by atoms with Crippen LogP contribution in [-0.4, -0.2) is 32.0 Å². The Labute approximate surface area is 81.4 Å². The third-order valence-electron chi connectivity index (χ3n) is 1.75. The smallest absolute Gasteiger partial charge is 0.368 e. The van der Waals surface area contributed by atoms with E-state index in [1.165, 1.54) is 6.92 Å². The van der Waals surface area contributed by atoms with Gasteiger partial charge in [-0.15, -0.1) is 0 Å². The van der Waals surface area contributed by atoms with Gasteiger partial charge < -0.3 is 24.3 Å². The molecular formula is C5H14O7P2. The van der Waals surface area contributed by atoms with Crippen molar-refractivity contribution in [3.8, 4) is 0 Å². The third kappa shape index (κ3) is 2.44. The largest absolute Gasteiger partial charge is 0.371 e. The van der Waals surface area contributed by atoms with Gasteiger partial charge in [0, 0.05) is 7.11 Å². The lowest BCUT2D eigenvalue weighted by molar-refractivity contribution is 0.115. The van der Waals surface area contributed by atoms with Crippen LogP contribution in [0.25, 0.3) is 0 Å². The molecule has 0 aliphatic carbocycles. The van der Waals surface area contributed by atoms with Crippen LogP contribution < -0.4 is 0 Å². The van der Waals surface area contributed by atoms with Gasteiger partial charge in [-0.2, -0.15) is 0 Å². The zero-order chi connectivity index (χ0) is 11.6. The van der Waals surface area contributed by atoms with Crippen molar-refractivity contribution in [1.82, 2.24) is 0 Å². The molecule has 9 heteroatoms. The maximum Gasteiger partial charge on any atom is 0.371 e. The topological polar surface area (TPSA) is 124 Å². The molecule has 0 aromatic heterocycles. The molecule has 0 aliphatic heterocycles. The summed E-state index contributed by atoms with van der Waals surface area (Å²) in [6.45, 7) is 1.51. The van der Waals surface area contributed by atoms with Crippen LogP contribution in [0.2, 0.25) is 0 Å². The van der Waals surface area contributed by atoms with E-state index in [9.17, 15) is 14.2 Å². The van der Waals surface area contributed by atoms with E-state index < -0.39 is 26.7 Å². The molecule has 0 aliphatic rings. The normalized spacial score (nSPS) is 21.3. The fraction of sp³-hybridized carbons (Fsp3) is 1.00. The first-order valence-corrected chi connectivity index (χ1v) is 6.98. The van der Waals surface area contributed by atoms with E-state index in [-0.39, 0.29) is 6.42 Å². The van der Waals surface area contributed by atoms with E-state index in [0.717, 1.165) is 7.11 Å². The average molecular weight is 248 g/mol. The van der Waals surface area contributed by atoms with Crippen LogP contribution in [0.1, 0.15) is 19.8 Å². The van der Waals surface area contributed by atoms with Gasteiger partial charge in [-0.05, 0) is 6.42 Å². The first-order chi connectivity index (χ1) is 6.12. The molecule has 0 heterocycles. The van der Waals surface area contributed by atoms with Crippen molar-refractivity contribution in [2.45, 2.75) is 24.8 Å². The highest BCUT2D eigenvalue weighted by Gasteiger charge is 2.59. The number of aliphatic hydroxyl groups is 1. The maximum absolute atomic E-state index is 11.2. The molecule has 0 aromatic carbocycles. The fourth-order valence-corrected chi connectivity index (χ4v) is 3.81. The molecule has 0 bridgehead atoms. The van der Waals surface area contributed by atoms with Crippen LogP contribution in [0.5, 0.6) is 0 Å². The summed E-state index contributed by atoms with van der Waals surface area (Å²) in [5, 5.41) is 6.46. The monoisotopic (exact) mass is 248 g/mol. The summed E-state index contributed by atoms with van der Waals surface area (Å²) in [5.41, 5.74) is 0. The second kappa shape index (κ2) is 4.41. The molecule has 0 amide bonds. The quantitative estimate of drug-likeness (QED) is 0.520. The first kappa shape index (κ1) is 14.3. The molecule has 0 aromatic rings. The Morgan fingerprint density at radius 3 is 1.93 bits per heavy atom. The minimum absolute atomic E-state index is 0.134. The second-order valence-corrected chi connectivity index (χ2v) is 7.10. The maximum atomic E-state index is 11.2. The van der Waals surface area contributed by atoms with Crippen molar-refractivity contribution in [2.75, 3.05) is 7.11 Å². The van der Waals surface area contributed by atoms with Gasteiger partial charge in [-0.25, -0.2) is 0 Å². The summed E-state index contributed by atoms with van der Waals surface area (Å²) in [7, 11) is -9.06. The molecule has 0 saturated heterocycles. The predicted octanol–water partition coefficient (Wildman–Crippen LogP) is 0.442. The van der Waals surface area contributed by atoms with Crippen molar-refractivity contribution >= 4 is 15.2 Å². The van der Waals surface area contributed by atoms with Crippen molar-refractivity contribution in [2.24, 2.45) is 0 Å².